The van der Waals surface area contributed by atoms with Crippen molar-refractivity contribution < 1.29 is 22.0 Å². The monoisotopic (exact) mass is 430 g/mol. The molecule has 1 N–H and O–H groups in total. The van der Waals surface area contributed by atoms with E-state index >= 15 is 0 Å². The number of amides is 1. The molecule has 5 nitrogen and oxygen atoms in total. The third-order valence-electron chi connectivity index (χ3n) is 4.48. The third-order valence-corrected chi connectivity index (χ3v) is 6.27. The number of nitrogens with zero attached hydrogens (tertiary/aromatic N) is 1. The van der Waals surface area contributed by atoms with Gasteiger partial charge in [-0.05, 0) is 61.0 Å². The van der Waals surface area contributed by atoms with Crippen molar-refractivity contribution in [3.8, 4) is 0 Å². The van der Waals surface area contributed by atoms with Crippen LogP contribution in [0, 0.1) is 11.6 Å². The van der Waals surface area contributed by atoms with E-state index in [0.29, 0.717) is 0 Å². The predicted octanol–water partition coefficient (Wildman–Crippen LogP) is 4.04. The van der Waals surface area contributed by atoms with Crippen molar-refractivity contribution in [3.05, 3.63) is 96.1 Å². The summed E-state index contributed by atoms with van der Waals surface area (Å²) in [5, 5.41) is 2.76. The first kappa shape index (κ1) is 21.4. The smallest absolute Gasteiger partial charge is 0.264 e. The molecule has 0 unspecified atom stereocenters. The van der Waals surface area contributed by atoms with Crippen LogP contribution < -0.4 is 9.62 Å². The van der Waals surface area contributed by atoms with Crippen LogP contribution >= 0.6 is 0 Å². The lowest BCUT2D eigenvalue weighted by molar-refractivity contribution is -0.120. The predicted molar refractivity (Wildman–Crippen MR) is 110 cm³/mol. The normalized spacial score (nSPS) is 12.2. The van der Waals surface area contributed by atoms with E-state index in [-0.39, 0.29) is 16.6 Å². The summed E-state index contributed by atoms with van der Waals surface area (Å²) in [6.45, 7) is 1.26. The minimum absolute atomic E-state index is 0.114. The quantitative estimate of drug-likeness (QED) is 0.615. The number of carbonyl (C=O) groups is 1. The maximum Gasteiger partial charge on any atom is 0.264 e. The second-order valence-corrected chi connectivity index (χ2v) is 8.50. The van der Waals surface area contributed by atoms with Crippen LogP contribution in [0.15, 0.2) is 83.8 Å². The van der Waals surface area contributed by atoms with Gasteiger partial charge in [0.1, 0.15) is 18.2 Å². The van der Waals surface area contributed by atoms with Crippen LogP contribution in [0.4, 0.5) is 14.5 Å². The van der Waals surface area contributed by atoms with E-state index in [1.54, 1.807) is 6.92 Å². The Morgan fingerprint density at radius 2 is 1.43 bits per heavy atom. The molecule has 0 heterocycles. The fourth-order valence-corrected chi connectivity index (χ4v) is 4.32. The summed E-state index contributed by atoms with van der Waals surface area (Å²) >= 11 is 0. The Morgan fingerprint density at radius 3 is 2.00 bits per heavy atom. The molecule has 30 heavy (non-hydrogen) atoms. The van der Waals surface area contributed by atoms with Gasteiger partial charge >= 0.3 is 0 Å². The Balaban J connectivity index is 1.89. The van der Waals surface area contributed by atoms with Crippen LogP contribution in [0.1, 0.15) is 18.5 Å². The molecular formula is C22H20F2N2O3S. The lowest BCUT2D eigenvalue weighted by Gasteiger charge is -2.25. The number of anilines is 1. The maximum atomic E-state index is 13.3. The van der Waals surface area contributed by atoms with Crippen LogP contribution in [-0.2, 0) is 14.8 Å². The topological polar surface area (TPSA) is 66.5 Å². The lowest BCUT2D eigenvalue weighted by Crippen LogP contribution is -2.41. The molecule has 1 amide bonds. The number of rotatable bonds is 7. The van der Waals surface area contributed by atoms with Crippen LogP contribution in [0.2, 0.25) is 0 Å². The van der Waals surface area contributed by atoms with Gasteiger partial charge in [0, 0.05) is 0 Å². The molecule has 0 aliphatic heterocycles. The zero-order valence-electron chi connectivity index (χ0n) is 16.1. The first-order chi connectivity index (χ1) is 14.3. The summed E-state index contributed by atoms with van der Waals surface area (Å²) in [5.74, 6) is -1.67. The average molecular weight is 430 g/mol. The molecule has 0 saturated heterocycles. The van der Waals surface area contributed by atoms with Gasteiger partial charge in [-0.3, -0.25) is 9.10 Å². The van der Waals surface area contributed by atoms with Crippen molar-refractivity contribution in [1.29, 1.82) is 0 Å². The summed E-state index contributed by atoms with van der Waals surface area (Å²) < 4.78 is 53.8. The van der Waals surface area contributed by atoms with E-state index in [0.717, 1.165) is 46.3 Å². The van der Waals surface area contributed by atoms with Crippen LogP contribution in [0.3, 0.4) is 0 Å². The van der Waals surface area contributed by atoms with Gasteiger partial charge < -0.3 is 5.32 Å². The van der Waals surface area contributed by atoms with E-state index in [1.165, 1.54) is 12.1 Å². The van der Waals surface area contributed by atoms with Gasteiger partial charge in [0.25, 0.3) is 10.0 Å². The standard InChI is InChI=1S/C22H20F2N2O3S/c1-16(17-5-3-2-4-6-17)25-22(27)15-26(20-11-7-18(23)8-12-20)30(28,29)21-13-9-19(24)10-14-21/h2-14,16H,15H2,1H3,(H,25,27)/t16-/m1/s1. The minimum atomic E-state index is -4.20. The Morgan fingerprint density at radius 1 is 0.900 bits per heavy atom. The Bertz CT molecular complexity index is 1100. The molecule has 0 spiro atoms. The van der Waals surface area contributed by atoms with Gasteiger partial charge in [0.15, 0.2) is 0 Å². The summed E-state index contributed by atoms with van der Waals surface area (Å²) in [5.41, 5.74) is 0.976. The van der Waals surface area contributed by atoms with E-state index < -0.39 is 34.1 Å². The van der Waals surface area contributed by atoms with Gasteiger partial charge in [0.2, 0.25) is 5.91 Å². The molecule has 8 heteroatoms. The zero-order valence-corrected chi connectivity index (χ0v) is 16.9. The first-order valence-corrected chi connectivity index (χ1v) is 10.6. The molecule has 0 radical (unpaired) electrons. The van der Waals surface area contributed by atoms with Crippen molar-refractivity contribution in [1.82, 2.24) is 5.32 Å². The van der Waals surface area contributed by atoms with Crippen molar-refractivity contribution in [2.24, 2.45) is 0 Å². The molecule has 1 atom stereocenters. The summed E-state index contributed by atoms with van der Waals surface area (Å²) in [6.07, 6.45) is 0. The summed E-state index contributed by atoms with van der Waals surface area (Å²) in [6, 6.07) is 17.9. The fourth-order valence-electron chi connectivity index (χ4n) is 2.90. The highest BCUT2D eigenvalue weighted by Crippen LogP contribution is 2.24. The molecule has 0 aliphatic carbocycles. The number of carbonyl (C=O) groups excluding carboxylic acids is 1. The summed E-state index contributed by atoms with van der Waals surface area (Å²) in [4.78, 5) is 12.5. The molecule has 0 fully saturated rings. The molecular weight excluding hydrogens is 410 g/mol. The molecule has 156 valence electrons. The number of hydrogen-bond acceptors (Lipinski definition) is 3. The highest BCUT2D eigenvalue weighted by Gasteiger charge is 2.27. The summed E-state index contributed by atoms with van der Waals surface area (Å²) in [7, 11) is -4.20. The molecule has 0 bridgehead atoms. The number of hydrogen-bond donors (Lipinski definition) is 1. The van der Waals surface area contributed by atoms with Crippen molar-refractivity contribution in [2.75, 3.05) is 10.8 Å². The molecule has 3 aromatic rings. The van der Waals surface area contributed by atoms with Crippen LogP contribution in [0.25, 0.3) is 0 Å². The first-order valence-electron chi connectivity index (χ1n) is 9.15. The number of benzene rings is 3. The number of halogens is 2. The third kappa shape index (κ3) is 5.01. The largest absolute Gasteiger partial charge is 0.348 e. The maximum absolute atomic E-state index is 13.3. The van der Waals surface area contributed by atoms with Gasteiger partial charge in [0.05, 0.1) is 16.6 Å². The number of nitrogens with one attached hydrogen (secondary N) is 1. The minimum Gasteiger partial charge on any atom is -0.348 e. The molecule has 3 rings (SSSR count). The second-order valence-electron chi connectivity index (χ2n) is 6.64. The Kier molecular flexibility index (Phi) is 6.47. The molecule has 0 aliphatic rings. The van der Waals surface area contributed by atoms with Crippen molar-refractivity contribution in [2.45, 2.75) is 17.9 Å². The Hall–Kier alpha value is -3.26. The van der Waals surface area contributed by atoms with Crippen LogP contribution in [-0.4, -0.2) is 20.9 Å². The highest BCUT2D eigenvalue weighted by molar-refractivity contribution is 7.92. The molecule has 0 saturated carbocycles. The lowest BCUT2D eigenvalue weighted by atomic mass is 10.1. The van der Waals surface area contributed by atoms with Gasteiger partial charge in [-0.2, -0.15) is 0 Å². The molecule has 3 aromatic carbocycles. The van der Waals surface area contributed by atoms with E-state index in [2.05, 4.69) is 5.32 Å². The fraction of sp³-hybridized carbons (Fsp3) is 0.136. The van der Waals surface area contributed by atoms with Gasteiger partial charge in [-0.1, -0.05) is 30.3 Å². The number of sulfonamides is 1. The van der Waals surface area contributed by atoms with Gasteiger partial charge in [-0.25, -0.2) is 17.2 Å². The van der Waals surface area contributed by atoms with E-state index in [4.69, 9.17) is 0 Å². The van der Waals surface area contributed by atoms with Crippen molar-refractivity contribution in [3.63, 3.8) is 0 Å². The van der Waals surface area contributed by atoms with E-state index in [9.17, 15) is 22.0 Å². The van der Waals surface area contributed by atoms with E-state index in [1.807, 2.05) is 30.3 Å². The van der Waals surface area contributed by atoms with Crippen LogP contribution in [0.5, 0.6) is 0 Å². The average Bonchev–Trinajstić information content (AvgIpc) is 2.73. The SMILES string of the molecule is C[C@@H](NC(=O)CN(c1ccc(F)cc1)S(=O)(=O)c1ccc(F)cc1)c1ccccc1. The Labute approximate surface area is 174 Å². The second kappa shape index (κ2) is 9.04. The molecule has 0 aromatic heterocycles. The van der Waals surface area contributed by atoms with Crippen molar-refractivity contribution >= 4 is 21.6 Å². The highest BCUT2D eigenvalue weighted by atomic mass is 32.2. The zero-order chi connectivity index (χ0) is 21.7. The van der Waals surface area contributed by atoms with Gasteiger partial charge in [-0.15, -0.1) is 0 Å².